The van der Waals surface area contributed by atoms with Crippen molar-refractivity contribution in [3.63, 3.8) is 0 Å². The van der Waals surface area contributed by atoms with Crippen molar-refractivity contribution < 1.29 is 26.4 Å². The third kappa shape index (κ3) is 15.9. The van der Waals surface area contributed by atoms with Crippen LogP contribution in [0.15, 0.2) is 97.1 Å². The lowest BCUT2D eigenvalue weighted by Crippen LogP contribution is -2.62. The van der Waals surface area contributed by atoms with Crippen LogP contribution in [0.25, 0.3) is 0 Å². The van der Waals surface area contributed by atoms with Gasteiger partial charge in [-0.25, -0.2) is 16.8 Å². The minimum absolute atomic E-state index is 0. The summed E-state index contributed by atoms with van der Waals surface area (Å²) < 4.78 is 57.2. The second kappa shape index (κ2) is 23.0. The molecule has 317 valence electrons. The molecule has 0 bridgehead atoms. The number of nitrogens with one attached hydrogen (secondary N) is 2. The first kappa shape index (κ1) is 49.0. The number of piperazine rings is 2. The predicted octanol–water partition coefficient (Wildman–Crippen LogP) is 6.70. The molecule has 3 saturated heterocycles. The van der Waals surface area contributed by atoms with Gasteiger partial charge in [0, 0.05) is 79.5 Å². The quantitative estimate of drug-likeness (QED) is 0.170. The molecule has 4 atom stereocenters. The van der Waals surface area contributed by atoms with Gasteiger partial charge in [0.05, 0.1) is 12.5 Å². The highest BCUT2D eigenvalue weighted by atomic mass is 35.5. The highest BCUT2D eigenvalue weighted by Gasteiger charge is 2.39. The fraction of sp³-hybridized carbons (Fsp3) is 0.405. The molecular weight excluding hydrogens is 873 g/mol. The Balaban J connectivity index is 0.000000229. The Bertz CT molecular complexity index is 2140. The normalized spacial score (nSPS) is 21.2. The lowest BCUT2D eigenvalue weighted by Gasteiger charge is -2.39. The van der Waals surface area contributed by atoms with Crippen LogP contribution in [0.3, 0.4) is 0 Å². The van der Waals surface area contributed by atoms with Crippen molar-refractivity contribution in [2.45, 2.75) is 62.7 Å². The maximum Gasteiger partial charge on any atom is 0.239 e. The molecule has 3 heterocycles. The third-order valence-electron chi connectivity index (χ3n) is 10.0. The summed E-state index contributed by atoms with van der Waals surface area (Å²) in [6.07, 6.45) is 7.22. The van der Waals surface area contributed by atoms with Crippen LogP contribution >= 0.6 is 46.4 Å². The Labute approximate surface area is 371 Å². The lowest BCUT2D eigenvalue weighted by atomic mass is 9.99. The van der Waals surface area contributed by atoms with Crippen LogP contribution in [0.1, 0.15) is 35.1 Å². The number of amides is 1. The van der Waals surface area contributed by atoms with Gasteiger partial charge >= 0.3 is 0 Å². The molecule has 0 unspecified atom stereocenters. The number of carbonyl (C=O) groups is 1. The SMILES string of the molecule is C1CCOC1.CS(=O)(=O)N1C[C@H](Cc2ccc(Cl)cc2)NC(=O)[C@@H]1Cc1ccc(Cl)cc1.CS(=O)(=O)N1C[C@H](Cc2ccc(Cl)cc2)NC[C@@H]1Cc1ccc(Cl)cc1.[B]. The minimum atomic E-state index is -3.54. The zero-order chi connectivity index (χ0) is 41.9. The van der Waals surface area contributed by atoms with Crippen molar-refractivity contribution in [1.82, 2.24) is 19.2 Å². The van der Waals surface area contributed by atoms with E-state index >= 15 is 0 Å². The van der Waals surface area contributed by atoms with E-state index < -0.39 is 26.1 Å². The topological polar surface area (TPSA) is 125 Å². The molecule has 17 heteroatoms. The van der Waals surface area contributed by atoms with Crippen LogP contribution in [0.4, 0.5) is 0 Å². The van der Waals surface area contributed by atoms with E-state index in [9.17, 15) is 21.6 Å². The third-order valence-corrected chi connectivity index (χ3v) is 13.6. The van der Waals surface area contributed by atoms with Gasteiger partial charge in [-0.15, -0.1) is 0 Å². The number of nitrogens with zero attached hydrogens (tertiary/aromatic N) is 2. The van der Waals surface area contributed by atoms with Crippen molar-refractivity contribution in [3.05, 3.63) is 139 Å². The molecular formula is C42H50BCl4N4O6S2. The van der Waals surface area contributed by atoms with Crippen molar-refractivity contribution in [3.8, 4) is 0 Å². The zero-order valence-electron chi connectivity index (χ0n) is 33.1. The summed E-state index contributed by atoms with van der Waals surface area (Å²) in [5.41, 5.74) is 4.04. The molecule has 59 heavy (non-hydrogen) atoms. The number of rotatable bonds is 10. The van der Waals surface area contributed by atoms with E-state index in [-0.39, 0.29) is 39.0 Å². The van der Waals surface area contributed by atoms with Crippen molar-refractivity contribution in [1.29, 1.82) is 0 Å². The summed E-state index contributed by atoms with van der Waals surface area (Å²) in [6, 6.07) is 28.5. The standard InChI is InChI=1S/C19H20Cl2N2O3S.C19H22Cl2N2O2S.C4H8O.B/c1-27(25,26)23-12-17(10-13-2-6-15(20)7-3-13)22-19(24)18(23)11-14-4-8-16(21)9-5-14;1-26(24,25)23-13-18(10-14-2-6-16(20)7-3-14)22-12-19(23)11-15-4-8-17(21)9-5-15;1-2-4-5-3-1;/h2-9,17-18H,10-12H2,1H3,(H,22,24);2-9,18-19,22H,10-13H2,1H3;1-4H2;/t17-,18-;18-,19-;;/m00../s1. The van der Waals surface area contributed by atoms with Gasteiger partial charge in [0.1, 0.15) is 6.04 Å². The number of hydrogen-bond acceptors (Lipinski definition) is 7. The van der Waals surface area contributed by atoms with E-state index in [1.165, 1.54) is 23.4 Å². The van der Waals surface area contributed by atoms with Crippen molar-refractivity contribution in [2.75, 3.05) is 45.4 Å². The second-order valence-electron chi connectivity index (χ2n) is 14.8. The highest BCUT2D eigenvalue weighted by molar-refractivity contribution is 7.88. The molecule has 10 nitrogen and oxygen atoms in total. The average molecular weight is 924 g/mol. The van der Waals surface area contributed by atoms with E-state index in [0.717, 1.165) is 48.1 Å². The molecule has 7 rings (SSSR count). The van der Waals surface area contributed by atoms with Crippen molar-refractivity contribution in [2.24, 2.45) is 0 Å². The smallest absolute Gasteiger partial charge is 0.239 e. The molecule has 4 aromatic carbocycles. The molecule has 0 aromatic heterocycles. The van der Waals surface area contributed by atoms with Gasteiger partial charge in [0.2, 0.25) is 26.0 Å². The Kier molecular flexibility index (Phi) is 19.1. The molecule has 3 aliphatic heterocycles. The minimum Gasteiger partial charge on any atom is -0.381 e. The zero-order valence-corrected chi connectivity index (χ0v) is 37.7. The van der Waals surface area contributed by atoms with Crippen LogP contribution in [0, 0.1) is 0 Å². The first-order chi connectivity index (χ1) is 27.5. The molecule has 4 aromatic rings. The van der Waals surface area contributed by atoms with Gasteiger partial charge in [-0.1, -0.05) is 94.9 Å². The summed E-state index contributed by atoms with van der Waals surface area (Å²) in [4.78, 5) is 12.7. The second-order valence-corrected chi connectivity index (χ2v) is 20.4. The van der Waals surface area contributed by atoms with E-state index in [2.05, 4.69) is 10.6 Å². The predicted molar refractivity (Wildman–Crippen MR) is 241 cm³/mol. The van der Waals surface area contributed by atoms with Crippen LogP contribution < -0.4 is 10.6 Å². The molecule has 3 aliphatic rings. The number of benzene rings is 4. The van der Waals surface area contributed by atoms with Gasteiger partial charge in [0.15, 0.2) is 0 Å². The van der Waals surface area contributed by atoms with E-state index in [1.807, 2.05) is 60.7 Å². The molecule has 0 spiro atoms. The Morgan fingerprint density at radius 2 is 0.949 bits per heavy atom. The summed E-state index contributed by atoms with van der Waals surface area (Å²) in [7, 11) is -6.83. The maximum absolute atomic E-state index is 12.7. The van der Waals surface area contributed by atoms with Crippen LogP contribution in [-0.2, 0) is 55.3 Å². The van der Waals surface area contributed by atoms with E-state index in [0.29, 0.717) is 52.4 Å². The number of sulfonamides is 2. The molecule has 2 N–H and O–H groups in total. The average Bonchev–Trinajstić information content (AvgIpc) is 3.77. The monoisotopic (exact) mass is 921 g/mol. The fourth-order valence-electron chi connectivity index (χ4n) is 7.10. The van der Waals surface area contributed by atoms with Crippen LogP contribution in [0.5, 0.6) is 0 Å². The van der Waals surface area contributed by atoms with Gasteiger partial charge < -0.3 is 15.4 Å². The Morgan fingerprint density at radius 3 is 1.34 bits per heavy atom. The molecule has 0 saturated carbocycles. The molecule has 1 amide bonds. The summed E-state index contributed by atoms with van der Waals surface area (Å²) in [6.45, 7) is 3.30. The number of ether oxygens (including phenoxy) is 1. The molecule has 3 fully saturated rings. The van der Waals surface area contributed by atoms with Crippen LogP contribution in [0.2, 0.25) is 20.1 Å². The van der Waals surface area contributed by atoms with E-state index in [4.69, 9.17) is 51.1 Å². The van der Waals surface area contributed by atoms with Crippen molar-refractivity contribution >= 4 is 80.8 Å². The summed E-state index contributed by atoms with van der Waals surface area (Å²) >= 11 is 23.7. The Hall–Kier alpha value is -2.69. The van der Waals surface area contributed by atoms with Crippen LogP contribution in [-0.4, -0.2) is 109 Å². The molecule has 3 radical (unpaired) electrons. The van der Waals surface area contributed by atoms with Gasteiger partial charge in [-0.3, -0.25) is 4.79 Å². The Morgan fingerprint density at radius 1 is 0.576 bits per heavy atom. The van der Waals surface area contributed by atoms with Gasteiger partial charge in [-0.05, 0) is 109 Å². The highest BCUT2D eigenvalue weighted by Crippen LogP contribution is 2.23. The summed E-state index contributed by atoms with van der Waals surface area (Å²) in [5, 5.41) is 9.06. The maximum atomic E-state index is 12.7. The number of halogens is 4. The van der Waals surface area contributed by atoms with E-state index in [1.54, 1.807) is 40.7 Å². The summed E-state index contributed by atoms with van der Waals surface area (Å²) in [5.74, 6) is -0.291. The fourth-order valence-corrected chi connectivity index (χ4v) is 9.83. The molecule has 0 aliphatic carbocycles. The van der Waals surface area contributed by atoms with Gasteiger partial charge in [0.25, 0.3) is 0 Å². The van der Waals surface area contributed by atoms with Gasteiger partial charge in [-0.2, -0.15) is 8.61 Å². The lowest BCUT2D eigenvalue weighted by molar-refractivity contribution is -0.128. The number of carbonyl (C=O) groups excluding carboxylic acids is 1. The first-order valence-corrected chi connectivity index (χ1v) is 24.3. The first-order valence-electron chi connectivity index (χ1n) is 19.1. The largest absolute Gasteiger partial charge is 0.381 e. The number of hydrogen-bond donors (Lipinski definition) is 2.